The second-order valence-corrected chi connectivity index (χ2v) is 8.27. The summed E-state index contributed by atoms with van der Waals surface area (Å²) in [6.45, 7) is 7.36. The minimum atomic E-state index is 0.541. The first kappa shape index (κ1) is 15.3. The van der Waals surface area contributed by atoms with Crippen molar-refractivity contribution in [2.45, 2.75) is 51.5 Å². The van der Waals surface area contributed by atoms with E-state index >= 15 is 0 Å². The van der Waals surface area contributed by atoms with Gasteiger partial charge in [-0.25, -0.2) is 0 Å². The summed E-state index contributed by atoms with van der Waals surface area (Å²) in [4.78, 5) is 2.75. The van der Waals surface area contributed by atoms with Crippen LogP contribution in [0, 0.1) is 11.8 Å². The highest BCUT2D eigenvalue weighted by molar-refractivity contribution is 5.54. The van der Waals surface area contributed by atoms with Gasteiger partial charge in [0.15, 0.2) is 0 Å². The maximum absolute atomic E-state index is 4.21. The third kappa shape index (κ3) is 2.30. The van der Waals surface area contributed by atoms with Gasteiger partial charge in [0.05, 0.1) is 6.04 Å². The number of nitrogens with zero attached hydrogens (tertiary/aromatic N) is 1. The van der Waals surface area contributed by atoms with Crippen molar-refractivity contribution in [2.24, 2.45) is 11.8 Å². The molecule has 3 atom stereocenters. The molecule has 3 heterocycles. The SMILES string of the molecule is C=C(C)CC1CCC2C3=CNCC=C3N3C2=C1CC=C1C=CCCC13. The second-order valence-electron chi connectivity index (χ2n) is 8.27. The van der Waals surface area contributed by atoms with Crippen LogP contribution in [0.2, 0.25) is 0 Å². The molecule has 2 aliphatic carbocycles. The zero-order valence-electron chi connectivity index (χ0n) is 15.2. The Morgan fingerprint density at radius 3 is 3.08 bits per heavy atom. The van der Waals surface area contributed by atoms with E-state index in [0.29, 0.717) is 17.9 Å². The Bertz CT molecular complexity index is 774. The summed E-state index contributed by atoms with van der Waals surface area (Å²) < 4.78 is 0. The molecular weight excluding hydrogens is 304 g/mol. The normalized spacial score (nSPS) is 32.6. The van der Waals surface area contributed by atoms with Crippen LogP contribution >= 0.6 is 0 Å². The van der Waals surface area contributed by atoms with Gasteiger partial charge < -0.3 is 10.2 Å². The molecule has 0 aromatic heterocycles. The maximum atomic E-state index is 4.21. The van der Waals surface area contributed by atoms with Gasteiger partial charge in [0.1, 0.15) is 0 Å². The largest absolute Gasteiger partial charge is 0.387 e. The molecule has 0 saturated carbocycles. The molecule has 0 amide bonds. The molecule has 1 saturated heterocycles. The molecule has 0 bridgehead atoms. The predicted octanol–water partition coefficient (Wildman–Crippen LogP) is 4.97. The Labute approximate surface area is 151 Å². The monoisotopic (exact) mass is 332 g/mol. The third-order valence-corrected chi connectivity index (χ3v) is 6.58. The fourth-order valence-electron chi connectivity index (χ4n) is 5.61. The van der Waals surface area contributed by atoms with Crippen LogP contribution in [0.5, 0.6) is 0 Å². The van der Waals surface area contributed by atoms with E-state index in [4.69, 9.17) is 0 Å². The van der Waals surface area contributed by atoms with Crippen LogP contribution in [0.1, 0.15) is 45.4 Å². The molecule has 5 rings (SSSR count). The summed E-state index contributed by atoms with van der Waals surface area (Å²) in [5.74, 6) is 1.29. The molecule has 1 fully saturated rings. The van der Waals surface area contributed by atoms with Gasteiger partial charge in [-0.3, -0.25) is 0 Å². The number of hydrogen-bond acceptors (Lipinski definition) is 2. The molecule has 5 aliphatic rings. The van der Waals surface area contributed by atoms with Crippen LogP contribution in [0.15, 0.2) is 70.8 Å². The van der Waals surface area contributed by atoms with Crippen LogP contribution in [-0.2, 0) is 0 Å². The molecule has 3 unspecified atom stereocenters. The molecule has 0 aromatic rings. The average molecular weight is 332 g/mol. The summed E-state index contributed by atoms with van der Waals surface area (Å²) in [5, 5.41) is 3.47. The number of rotatable bonds is 2. The van der Waals surface area contributed by atoms with E-state index in [0.717, 1.165) is 19.4 Å². The lowest BCUT2D eigenvalue weighted by molar-refractivity contribution is 0.319. The van der Waals surface area contributed by atoms with E-state index in [1.807, 2.05) is 0 Å². The summed E-state index contributed by atoms with van der Waals surface area (Å²) in [5.41, 5.74) is 9.27. The number of nitrogens with one attached hydrogen (secondary N) is 1. The topological polar surface area (TPSA) is 15.3 Å². The summed E-state index contributed by atoms with van der Waals surface area (Å²) in [7, 11) is 0. The molecule has 2 nitrogen and oxygen atoms in total. The van der Waals surface area contributed by atoms with E-state index in [2.05, 4.69) is 54.2 Å². The number of allylic oxidation sites excluding steroid dienone is 6. The fraction of sp³-hybridized carbons (Fsp3) is 0.478. The van der Waals surface area contributed by atoms with Gasteiger partial charge in [0, 0.05) is 35.6 Å². The first-order valence-corrected chi connectivity index (χ1v) is 9.91. The second kappa shape index (κ2) is 5.79. The van der Waals surface area contributed by atoms with E-state index < -0.39 is 0 Å². The van der Waals surface area contributed by atoms with Crippen LogP contribution in [-0.4, -0.2) is 17.5 Å². The smallest absolute Gasteiger partial charge is 0.0588 e. The number of hydrogen-bond donors (Lipinski definition) is 1. The van der Waals surface area contributed by atoms with Crippen molar-refractivity contribution in [1.29, 1.82) is 0 Å². The highest BCUT2D eigenvalue weighted by Crippen LogP contribution is 2.54. The Hall–Kier alpha value is -1.96. The maximum Gasteiger partial charge on any atom is 0.0588 e. The van der Waals surface area contributed by atoms with E-state index in [1.165, 1.54) is 42.5 Å². The average Bonchev–Trinajstić information content (AvgIpc) is 2.84. The van der Waals surface area contributed by atoms with E-state index in [-0.39, 0.29) is 0 Å². The lowest BCUT2D eigenvalue weighted by Crippen LogP contribution is -2.35. The molecule has 0 aromatic carbocycles. The van der Waals surface area contributed by atoms with Gasteiger partial charge >= 0.3 is 0 Å². The Morgan fingerprint density at radius 2 is 2.20 bits per heavy atom. The molecule has 3 aliphatic heterocycles. The molecule has 2 heteroatoms. The minimum absolute atomic E-state index is 0.541. The Morgan fingerprint density at radius 1 is 1.28 bits per heavy atom. The predicted molar refractivity (Wildman–Crippen MR) is 104 cm³/mol. The van der Waals surface area contributed by atoms with Crippen molar-refractivity contribution < 1.29 is 0 Å². The fourth-order valence-corrected chi connectivity index (χ4v) is 5.61. The molecular formula is C23H28N2. The van der Waals surface area contributed by atoms with Crippen molar-refractivity contribution in [3.63, 3.8) is 0 Å². The summed E-state index contributed by atoms with van der Waals surface area (Å²) >= 11 is 0. The van der Waals surface area contributed by atoms with Crippen LogP contribution in [0.3, 0.4) is 0 Å². The Kier molecular flexibility index (Phi) is 3.55. The first-order chi connectivity index (χ1) is 12.2. The quantitative estimate of drug-likeness (QED) is 0.718. The van der Waals surface area contributed by atoms with Crippen LogP contribution in [0.25, 0.3) is 0 Å². The zero-order valence-corrected chi connectivity index (χ0v) is 15.2. The summed E-state index contributed by atoms with van der Waals surface area (Å²) in [6.07, 6.45) is 19.3. The van der Waals surface area contributed by atoms with Gasteiger partial charge in [-0.2, -0.15) is 0 Å². The van der Waals surface area contributed by atoms with Gasteiger partial charge in [0.2, 0.25) is 0 Å². The van der Waals surface area contributed by atoms with Crippen molar-refractivity contribution in [3.05, 3.63) is 70.8 Å². The Balaban J connectivity index is 1.68. The molecule has 1 N–H and O–H groups in total. The highest BCUT2D eigenvalue weighted by Gasteiger charge is 2.46. The minimum Gasteiger partial charge on any atom is -0.387 e. The van der Waals surface area contributed by atoms with Gasteiger partial charge in [-0.15, -0.1) is 6.58 Å². The van der Waals surface area contributed by atoms with Crippen molar-refractivity contribution >= 4 is 0 Å². The molecule has 0 spiro atoms. The van der Waals surface area contributed by atoms with E-state index in [1.54, 1.807) is 16.8 Å². The van der Waals surface area contributed by atoms with Gasteiger partial charge in [0.25, 0.3) is 0 Å². The molecule has 0 radical (unpaired) electrons. The zero-order chi connectivity index (χ0) is 17.0. The van der Waals surface area contributed by atoms with Crippen molar-refractivity contribution in [2.75, 3.05) is 6.54 Å². The van der Waals surface area contributed by atoms with Crippen LogP contribution < -0.4 is 5.32 Å². The van der Waals surface area contributed by atoms with Crippen molar-refractivity contribution in [1.82, 2.24) is 10.2 Å². The number of fused-ring (bicyclic) bond motifs is 5. The third-order valence-electron chi connectivity index (χ3n) is 6.58. The lowest BCUT2D eigenvalue weighted by atomic mass is 9.75. The van der Waals surface area contributed by atoms with Crippen molar-refractivity contribution in [3.8, 4) is 0 Å². The molecule has 130 valence electrons. The molecule has 25 heavy (non-hydrogen) atoms. The van der Waals surface area contributed by atoms with Gasteiger partial charge in [-0.05, 0) is 68.6 Å². The van der Waals surface area contributed by atoms with Gasteiger partial charge in [-0.1, -0.05) is 23.8 Å². The van der Waals surface area contributed by atoms with E-state index in [9.17, 15) is 0 Å². The first-order valence-electron chi connectivity index (χ1n) is 9.91. The number of dihydropyridines is 1. The highest BCUT2D eigenvalue weighted by atomic mass is 15.2. The lowest BCUT2D eigenvalue weighted by Gasteiger charge is -2.37. The standard InChI is InChI=1S/C23H28N2/c1-15(2)13-17-8-10-19-20-14-24-12-11-22(20)25-21-6-4-3-5-16(21)7-9-18(17)23(19)25/h3,5,7,11,14,17,19,21,24H,1,4,6,8-10,12-13H2,2H3. The van der Waals surface area contributed by atoms with Crippen LogP contribution in [0.4, 0.5) is 0 Å². The summed E-state index contributed by atoms with van der Waals surface area (Å²) in [6, 6.07) is 0.541.